The minimum absolute atomic E-state index is 0.00124. The van der Waals surface area contributed by atoms with Gasteiger partial charge in [-0.25, -0.2) is 4.79 Å². The van der Waals surface area contributed by atoms with Gasteiger partial charge in [0.1, 0.15) is 0 Å². The van der Waals surface area contributed by atoms with Crippen molar-refractivity contribution in [3.63, 3.8) is 0 Å². The highest BCUT2D eigenvalue weighted by Gasteiger charge is 2.81. The summed E-state index contributed by atoms with van der Waals surface area (Å²) in [6.45, 7) is 1.76. The van der Waals surface area contributed by atoms with Crippen molar-refractivity contribution < 1.29 is 23.1 Å². The van der Waals surface area contributed by atoms with Crippen LogP contribution in [0.25, 0.3) is 0 Å². The third-order valence-electron chi connectivity index (χ3n) is 10.1. The molecule has 7 rings (SSSR count). The highest BCUT2D eigenvalue weighted by molar-refractivity contribution is 5.95. The minimum Gasteiger partial charge on any atom is -0.478 e. The lowest BCUT2D eigenvalue weighted by molar-refractivity contribution is -0.205. The van der Waals surface area contributed by atoms with Gasteiger partial charge in [0, 0.05) is 22.5 Å². The number of alkyl halides is 3. The fraction of sp³-hybridized carbons (Fsp3) is 0.387. The van der Waals surface area contributed by atoms with Gasteiger partial charge in [0.05, 0.1) is 16.8 Å². The Kier molecular flexibility index (Phi) is 4.83. The molecule has 0 amide bonds. The number of rotatable bonds is 6. The Balaban J connectivity index is 1.16. The van der Waals surface area contributed by atoms with E-state index in [1.54, 1.807) is 25.1 Å². The Morgan fingerprint density at radius 1 is 0.868 bits per heavy atom. The second-order valence-corrected chi connectivity index (χ2v) is 11.9. The number of carboxylic acids is 1. The SMILES string of the molecule is Cc1ccc(Nc2cc(Nc3ccc(C45CC6CC7CC(C4)C65C7)cc3)cc(C(F)(F)F)c2)c(C(=O)O)c1. The van der Waals surface area contributed by atoms with Crippen molar-refractivity contribution in [3.05, 3.63) is 82.9 Å². The van der Waals surface area contributed by atoms with Crippen molar-refractivity contribution >= 4 is 28.7 Å². The monoisotopic (exact) mass is 518 g/mol. The van der Waals surface area contributed by atoms with Crippen LogP contribution < -0.4 is 10.6 Å². The summed E-state index contributed by atoms with van der Waals surface area (Å²) in [6.07, 6.45) is 2.20. The number of nitrogens with one attached hydrogen (secondary N) is 2. The van der Waals surface area contributed by atoms with Gasteiger partial charge in [-0.3, -0.25) is 0 Å². The number of benzene rings is 3. The molecule has 4 aliphatic carbocycles. The average molecular weight is 519 g/mol. The Bertz CT molecular complexity index is 1450. The average Bonchev–Trinajstić information content (AvgIpc) is 3.38. The van der Waals surface area contributed by atoms with E-state index in [0.717, 1.165) is 41.1 Å². The van der Waals surface area contributed by atoms with Crippen molar-refractivity contribution in [2.24, 2.45) is 23.2 Å². The second-order valence-electron chi connectivity index (χ2n) is 11.9. The fourth-order valence-electron chi connectivity index (χ4n) is 8.76. The Morgan fingerprint density at radius 3 is 2.13 bits per heavy atom. The first-order valence-corrected chi connectivity index (χ1v) is 13.3. The molecule has 7 heteroatoms. The fourth-order valence-corrected chi connectivity index (χ4v) is 8.76. The lowest BCUT2D eigenvalue weighted by atomic mass is 9.29. The quantitative estimate of drug-likeness (QED) is 0.307. The van der Waals surface area contributed by atoms with Gasteiger partial charge >= 0.3 is 12.1 Å². The van der Waals surface area contributed by atoms with Crippen molar-refractivity contribution in [1.82, 2.24) is 0 Å². The van der Waals surface area contributed by atoms with Gasteiger partial charge in [-0.2, -0.15) is 13.2 Å². The Labute approximate surface area is 219 Å². The van der Waals surface area contributed by atoms with Crippen LogP contribution in [0.3, 0.4) is 0 Å². The second kappa shape index (κ2) is 7.78. The van der Waals surface area contributed by atoms with Gasteiger partial charge in [0.15, 0.2) is 0 Å². The molecular formula is C31H29F3N2O2. The normalized spacial score (nSPS) is 30.3. The number of hydrogen-bond acceptors (Lipinski definition) is 3. The van der Waals surface area contributed by atoms with Gasteiger partial charge in [0.25, 0.3) is 0 Å². The van der Waals surface area contributed by atoms with Gasteiger partial charge in [0.2, 0.25) is 0 Å². The molecule has 3 aromatic rings. The molecule has 1 spiro atoms. The Morgan fingerprint density at radius 2 is 1.53 bits per heavy atom. The van der Waals surface area contributed by atoms with E-state index in [-0.39, 0.29) is 22.6 Å². The number of carbonyl (C=O) groups is 1. The summed E-state index contributed by atoms with van der Waals surface area (Å²) in [5, 5.41) is 15.6. The van der Waals surface area contributed by atoms with Crippen LogP contribution in [0.4, 0.5) is 35.9 Å². The smallest absolute Gasteiger partial charge is 0.416 e. The number of carboxylic acid groups (broad SMARTS) is 1. The number of fused-ring (bicyclic) bond motifs is 1. The summed E-state index contributed by atoms with van der Waals surface area (Å²) < 4.78 is 41.3. The largest absolute Gasteiger partial charge is 0.478 e. The van der Waals surface area contributed by atoms with Crippen LogP contribution in [0, 0.1) is 30.1 Å². The summed E-state index contributed by atoms with van der Waals surface area (Å²) >= 11 is 0. The van der Waals surface area contributed by atoms with Crippen molar-refractivity contribution in [3.8, 4) is 0 Å². The first-order chi connectivity index (χ1) is 18.1. The molecule has 0 aliphatic heterocycles. The van der Waals surface area contributed by atoms with Crippen LogP contribution in [0.1, 0.15) is 59.2 Å². The number of aromatic carboxylic acids is 1. The zero-order chi connectivity index (χ0) is 26.4. The molecule has 4 nitrogen and oxygen atoms in total. The molecule has 3 aromatic carbocycles. The van der Waals surface area contributed by atoms with Crippen LogP contribution in [-0.4, -0.2) is 11.1 Å². The third-order valence-corrected chi connectivity index (χ3v) is 10.1. The molecule has 2 bridgehead atoms. The predicted molar refractivity (Wildman–Crippen MR) is 140 cm³/mol. The highest BCUT2D eigenvalue weighted by atomic mass is 19.4. The zero-order valence-electron chi connectivity index (χ0n) is 21.0. The van der Waals surface area contributed by atoms with E-state index in [9.17, 15) is 23.1 Å². The lowest BCUT2D eigenvalue weighted by Gasteiger charge is -2.75. The molecule has 4 saturated carbocycles. The lowest BCUT2D eigenvalue weighted by Crippen LogP contribution is -2.70. The number of halogens is 3. The van der Waals surface area contributed by atoms with Crippen molar-refractivity contribution in [2.45, 2.75) is 50.6 Å². The number of anilines is 4. The minimum atomic E-state index is -4.55. The molecule has 0 heterocycles. The summed E-state index contributed by atoms with van der Waals surface area (Å²) in [7, 11) is 0. The highest BCUT2D eigenvalue weighted by Crippen LogP contribution is 2.86. The van der Waals surface area contributed by atoms with E-state index in [2.05, 4.69) is 22.8 Å². The molecule has 2 atom stereocenters. The van der Waals surface area contributed by atoms with Crippen LogP contribution in [0.5, 0.6) is 0 Å². The predicted octanol–water partition coefficient (Wildman–Crippen LogP) is 8.28. The van der Waals surface area contributed by atoms with E-state index in [1.807, 2.05) is 12.1 Å². The maximum absolute atomic E-state index is 13.8. The molecule has 38 heavy (non-hydrogen) atoms. The van der Waals surface area contributed by atoms with Crippen LogP contribution >= 0.6 is 0 Å². The van der Waals surface area contributed by atoms with E-state index < -0.39 is 17.7 Å². The van der Waals surface area contributed by atoms with Gasteiger partial charge in [-0.05, 0) is 110 Å². The standard InChI is InChI=1S/C31H29F3N2O2/c1-17-2-7-27(26(8-17)28(37)38)36-25-12-20(31(32,33)34)11-24(13-25)35-23-5-3-19(4-6-23)29-15-21-9-18-10-22(16-29)30(21,29)14-18/h2-8,11-13,18,21-22,35-36H,9-10,14-16H2,1H3,(H,37,38). The van der Waals surface area contributed by atoms with Crippen molar-refractivity contribution in [1.29, 1.82) is 0 Å². The summed E-state index contributed by atoms with van der Waals surface area (Å²) in [5.74, 6) is 1.56. The van der Waals surface area contributed by atoms with E-state index in [4.69, 9.17) is 0 Å². The van der Waals surface area contributed by atoms with E-state index >= 15 is 0 Å². The topological polar surface area (TPSA) is 61.4 Å². The summed E-state index contributed by atoms with van der Waals surface area (Å²) in [6, 6.07) is 16.7. The molecule has 0 saturated heterocycles. The van der Waals surface area contributed by atoms with Crippen LogP contribution in [0.2, 0.25) is 0 Å². The maximum atomic E-state index is 13.8. The van der Waals surface area contributed by atoms with Gasteiger partial charge in [-0.15, -0.1) is 0 Å². The third kappa shape index (κ3) is 3.26. The Hall–Kier alpha value is -3.48. The first-order valence-electron chi connectivity index (χ1n) is 13.3. The molecule has 2 unspecified atom stereocenters. The van der Waals surface area contributed by atoms with Gasteiger partial charge in [-0.1, -0.05) is 23.8 Å². The molecule has 0 radical (unpaired) electrons. The molecule has 4 aliphatic rings. The van der Waals surface area contributed by atoms with Gasteiger partial charge < -0.3 is 15.7 Å². The van der Waals surface area contributed by atoms with E-state index in [0.29, 0.717) is 10.8 Å². The van der Waals surface area contributed by atoms with Crippen molar-refractivity contribution in [2.75, 3.05) is 10.6 Å². The maximum Gasteiger partial charge on any atom is 0.416 e. The van der Waals surface area contributed by atoms with Crippen LogP contribution in [-0.2, 0) is 11.6 Å². The first kappa shape index (κ1) is 23.6. The molecule has 196 valence electrons. The van der Waals surface area contributed by atoms with Crippen LogP contribution in [0.15, 0.2) is 60.7 Å². The number of aryl methyl sites for hydroxylation is 1. The molecule has 4 fully saturated rings. The zero-order valence-corrected chi connectivity index (χ0v) is 21.0. The summed E-state index contributed by atoms with van der Waals surface area (Å²) in [5.41, 5.74) is 3.53. The summed E-state index contributed by atoms with van der Waals surface area (Å²) in [4.78, 5) is 11.7. The molecular weight excluding hydrogens is 489 g/mol. The molecule has 0 aromatic heterocycles. The van der Waals surface area contributed by atoms with E-state index in [1.165, 1.54) is 43.7 Å². The molecule has 3 N–H and O–H groups in total. The number of hydrogen-bond donors (Lipinski definition) is 3.